The highest BCUT2D eigenvalue weighted by Gasteiger charge is 2.22. The van der Waals surface area contributed by atoms with E-state index in [1.807, 2.05) is 65.8 Å². The number of rotatable bonds is 6. The summed E-state index contributed by atoms with van der Waals surface area (Å²) in [4.78, 5) is 28.2. The molecule has 0 bridgehead atoms. The van der Waals surface area contributed by atoms with Crippen LogP contribution < -0.4 is 0 Å². The Bertz CT molecular complexity index is 1220. The van der Waals surface area contributed by atoms with Gasteiger partial charge in [0.15, 0.2) is 0 Å². The maximum absolute atomic E-state index is 4.77. The van der Waals surface area contributed by atoms with Crippen LogP contribution in [0, 0.1) is 0 Å². The molecule has 6 heteroatoms. The predicted molar refractivity (Wildman–Crippen MR) is 144 cm³/mol. The van der Waals surface area contributed by atoms with Crippen molar-refractivity contribution in [1.29, 1.82) is 0 Å². The van der Waals surface area contributed by atoms with E-state index in [9.17, 15) is 0 Å². The van der Waals surface area contributed by atoms with Crippen LogP contribution in [0.3, 0.4) is 0 Å². The molecule has 3 aromatic carbocycles. The Kier molecular flexibility index (Phi) is 7.49. The molecule has 3 rings (SSSR count). The molecule has 3 aromatic rings. The maximum atomic E-state index is 4.77. The van der Waals surface area contributed by atoms with Crippen LogP contribution in [-0.2, 0) is 0 Å². The van der Waals surface area contributed by atoms with Crippen LogP contribution in [0.5, 0.6) is 0 Å². The minimum atomic E-state index is 0.743. The molecule has 0 heterocycles. The zero-order valence-electron chi connectivity index (χ0n) is 19.5. The van der Waals surface area contributed by atoms with E-state index in [0.29, 0.717) is 0 Å². The molecule has 0 spiro atoms. The first-order valence-corrected chi connectivity index (χ1v) is 10.7. The molecule has 0 aliphatic carbocycles. The van der Waals surface area contributed by atoms with E-state index >= 15 is 0 Å². The van der Waals surface area contributed by atoms with Gasteiger partial charge >= 0.3 is 0 Å². The minimum absolute atomic E-state index is 0.743. The fourth-order valence-electron chi connectivity index (χ4n) is 3.88. The third-order valence-electron chi connectivity index (χ3n) is 4.86. The molecule has 0 radical (unpaired) electrons. The summed E-state index contributed by atoms with van der Waals surface area (Å²) in [6.45, 7) is 11.4. The fraction of sp³-hybridized carbons (Fsp3) is 0.231. The molecular weight excluding hydrogens is 396 g/mol. The number of nitrogens with zero attached hydrogens (tertiary/aromatic N) is 6. The Balaban J connectivity index is 2.89. The lowest BCUT2D eigenvalue weighted by molar-refractivity contribution is 1.46. The Labute approximate surface area is 189 Å². The lowest BCUT2D eigenvalue weighted by atomic mass is 9.93. The molecule has 32 heavy (non-hydrogen) atoms. The van der Waals surface area contributed by atoms with Crippen molar-refractivity contribution in [2.75, 3.05) is 0 Å². The van der Waals surface area contributed by atoms with Gasteiger partial charge in [0, 0.05) is 58.8 Å². The van der Waals surface area contributed by atoms with E-state index in [1.54, 1.807) is 37.3 Å². The molecule has 0 saturated carbocycles. The van der Waals surface area contributed by atoms with Crippen LogP contribution in [0.1, 0.15) is 41.5 Å². The van der Waals surface area contributed by atoms with Crippen molar-refractivity contribution in [2.24, 2.45) is 30.0 Å². The normalized spacial score (nSPS) is 13.2. The van der Waals surface area contributed by atoms with Gasteiger partial charge in [0.2, 0.25) is 0 Å². The van der Waals surface area contributed by atoms with Gasteiger partial charge in [-0.05, 0) is 65.8 Å². The van der Waals surface area contributed by atoms with Crippen molar-refractivity contribution in [3.8, 4) is 0 Å². The monoisotopic (exact) mass is 424 g/mol. The summed E-state index contributed by atoms with van der Waals surface area (Å²) in [5.74, 6) is 0. The van der Waals surface area contributed by atoms with E-state index in [1.165, 1.54) is 0 Å². The topological polar surface area (TPSA) is 74.2 Å². The number of aliphatic imine (C=N–C) groups is 6. The first kappa shape index (κ1) is 22.9. The molecule has 0 aliphatic rings. The van der Waals surface area contributed by atoms with Crippen LogP contribution in [0.4, 0.5) is 34.1 Å². The number of fused-ring (bicyclic) bond motifs is 3. The van der Waals surface area contributed by atoms with Crippen molar-refractivity contribution in [3.05, 3.63) is 24.3 Å². The highest BCUT2D eigenvalue weighted by atomic mass is 14.9. The van der Waals surface area contributed by atoms with E-state index in [2.05, 4.69) is 20.0 Å². The second-order valence-corrected chi connectivity index (χ2v) is 6.73. The standard InChI is InChI=1S/C26H28N6/c1-7-27-17-13-15-19(29-9-3)23-21(17)22-18(28-8-2)14-16-20(30-10-4)24(22)26(32-12-6)25(23)31-11-5/h7-16H,1-6H3/b27-7-,28-8-,29-9-,30-10-,31-11-,32-12-. The van der Waals surface area contributed by atoms with Gasteiger partial charge < -0.3 is 0 Å². The summed E-state index contributed by atoms with van der Waals surface area (Å²) < 4.78 is 0. The number of hydrogen-bond acceptors (Lipinski definition) is 6. The van der Waals surface area contributed by atoms with Gasteiger partial charge in [-0.2, -0.15) is 0 Å². The van der Waals surface area contributed by atoms with Gasteiger partial charge in [-0.1, -0.05) is 0 Å². The molecule has 0 aliphatic heterocycles. The smallest absolute Gasteiger partial charge is 0.0990 e. The van der Waals surface area contributed by atoms with Crippen LogP contribution in [-0.4, -0.2) is 37.3 Å². The quantitative estimate of drug-likeness (QED) is 0.282. The zero-order chi connectivity index (χ0) is 23.1. The van der Waals surface area contributed by atoms with Crippen LogP contribution in [0.2, 0.25) is 0 Å². The number of hydrogen-bond donors (Lipinski definition) is 0. The summed E-state index contributed by atoms with van der Waals surface area (Å²) in [7, 11) is 0. The Morgan fingerprint density at radius 1 is 0.375 bits per heavy atom. The molecule has 162 valence electrons. The largest absolute Gasteiger partial charge is 0.261 e. The summed E-state index contributed by atoms with van der Waals surface area (Å²) in [6, 6.07) is 7.92. The molecule has 0 amide bonds. The summed E-state index contributed by atoms with van der Waals surface area (Å²) in [6.07, 6.45) is 10.7. The Morgan fingerprint density at radius 2 is 0.625 bits per heavy atom. The highest BCUT2D eigenvalue weighted by Crippen LogP contribution is 2.54. The van der Waals surface area contributed by atoms with Crippen LogP contribution >= 0.6 is 0 Å². The van der Waals surface area contributed by atoms with Gasteiger partial charge in [0.05, 0.1) is 34.1 Å². The van der Waals surface area contributed by atoms with Gasteiger partial charge in [-0.15, -0.1) is 0 Å². The molecule has 6 nitrogen and oxygen atoms in total. The summed E-state index contributed by atoms with van der Waals surface area (Å²) >= 11 is 0. The Morgan fingerprint density at radius 3 is 0.875 bits per heavy atom. The second kappa shape index (κ2) is 10.5. The molecular formula is C26H28N6. The van der Waals surface area contributed by atoms with E-state index in [0.717, 1.165) is 55.7 Å². The minimum Gasteiger partial charge on any atom is -0.261 e. The van der Waals surface area contributed by atoms with Crippen LogP contribution in [0.15, 0.2) is 54.2 Å². The van der Waals surface area contributed by atoms with Crippen LogP contribution in [0.25, 0.3) is 21.5 Å². The van der Waals surface area contributed by atoms with Gasteiger partial charge in [0.25, 0.3) is 0 Å². The summed E-state index contributed by atoms with van der Waals surface area (Å²) in [5.41, 5.74) is 4.76. The first-order valence-electron chi connectivity index (χ1n) is 10.7. The maximum Gasteiger partial charge on any atom is 0.0990 e. The zero-order valence-corrected chi connectivity index (χ0v) is 19.5. The number of benzene rings is 3. The van der Waals surface area contributed by atoms with Crippen molar-refractivity contribution < 1.29 is 0 Å². The molecule has 0 saturated heterocycles. The average molecular weight is 425 g/mol. The fourth-order valence-corrected chi connectivity index (χ4v) is 3.88. The highest BCUT2D eigenvalue weighted by molar-refractivity contribution is 6.30. The lowest BCUT2D eigenvalue weighted by Gasteiger charge is -2.18. The lowest BCUT2D eigenvalue weighted by Crippen LogP contribution is -1.87. The molecule has 0 fully saturated rings. The first-order chi connectivity index (χ1) is 15.7. The van der Waals surface area contributed by atoms with Gasteiger partial charge in [-0.25, -0.2) is 0 Å². The van der Waals surface area contributed by atoms with E-state index in [-0.39, 0.29) is 0 Å². The van der Waals surface area contributed by atoms with Crippen molar-refractivity contribution >= 4 is 93.0 Å². The third-order valence-corrected chi connectivity index (χ3v) is 4.86. The Hall–Kier alpha value is -3.80. The molecule has 0 atom stereocenters. The van der Waals surface area contributed by atoms with Crippen molar-refractivity contribution in [3.63, 3.8) is 0 Å². The average Bonchev–Trinajstić information content (AvgIpc) is 2.79. The molecule has 0 N–H and O–H groups in total. The predicted octanol–water partition coefficient (Wildman–Crippen LogP) is 8.33. The third kappa shape index (κ3) is 4.04. The van der Waals surface area contributed by atoms with Crippen molar-refractivity contribution in [2.45, 2.75) is 41.5 Å². The van der Waals surface area contributed by atoms with Gasteiger partial charge in [-0.3, -0.25) is 30.0 Å². The van der Waals surface area contributed by atoms with Gasteiger partial charge in [0.1, 0.15) is 0 Å². The second-order valence-electron chi connectivity index (χ2n) is 6.73. The molecule has 0 aromatic heterocycles. The SMILES string of the molecule is C/C=N\c1ccc(/N=C\C)c2c1c(/N=C\C)c(/N=C\C)c1c(/N=C\C)ccc(/N=C\C)c12. The van der Waals surface area contributed by atoms with Crippen molar-refractivity contribution in [1.82, 2.24) is 0 Å². The summed E-state index contributed by atoms with van der Waals surface area (Å²) in [5, 5.41) is 3.65. The van der Waals surface area contributed by atoms with E-state index < -0.39 is 0 Å². The van der Waals surface area contributed by atoms with E-state index in [4.69, 9.17) is 9.98 Å². The molecule has 0 unspecified atom stereocenters.